The molecule has 0 heterocycles. The van der Waals surface area contributed by atoms with Crippen LogP contribution >= 0.6 is 0 Å². The van der Waals surface area contributed by atoms with E-state index in [1.807, 2.05) is 30.3 Å². The lowest BCUT2D eigenvalue weighted by Crippen LogP contribution is -2.06. The molecule has 0 saturated carbocycles. The van der Waals surface area contributed by atoms with Gasteiger partial charge in [0, 0.05) is 0 Å². The molecule has 0 aromatic heterocycles. The molecule has 2 aromatic rings. The normalized spacial score (nSPS) is 11.8. The maximum absolute atomic E-state index is 12.4. The highest BCUT2D eigenvalue weighted by molar-refractivity contribution is 5.44. The van der Waals surface area contributed by atoms with Crippen molar-refractivity contribution < 1.29 is 23.4 Å². The maximum atomic E-state index is 12.4. The van der Waals surface area contributed by atoms with Crippen molar-refractivity contribution in [2.45, 2.75) is 19.3 Å². The fourth-order valence-corrected chi connectivity index (χ4v) is 1.81. The van der Waals surface area contributed by atoms with E-state index < -0.39 is 12.7 Å². The quantitative estimate of drug-likeness (QED) is 0.831. The molecule has 0 aliphatic carbocycles. The average Bonchev–Trinajstić information content (AvgIpc) is 2.53. The van der Waals surface area contributed by atoms with E-state index >= 15 is 0 Å². The molecule has 0 spiro atoms. The molecule has 0 saturated heterocycles. The fourth-order valence-electron chi connectivity index (χ4n) is 1.81. The molecule has 22 heavy (non-hydrogen) atoms. The lowest BCUT2D eigenvalue weighted by Gasteiger charge is -2.14. The standard InChI is InChI=1S/C16H13F2NO3/c17-16(18)22-14-7-6-12(13(20)9-19)8-15(14)21-10-11-4-2-1-3-5-11/h1-8,13,16,20H,10H2. The summed E-state index contributed by atoms with van der Waals surface area (Å²) in [7, 11) is 0. The van der Waals surface area contributed by atoms with Gasteiger partial charge in [-0.2, -0.15) is 14.0 Å². The first kappa shape index (κ1) is 15.7. The number of nitrogens with zero attached hydrogens (tertiary/aromatic N) is 1. The zero-order chi connectivity index (χ0) is 15.9. The number of nitriles is 1. The Morgan fingerprint density at radius 2 is 1.82 bits per heavy atom. The summed E-state index contributed by atoms with van der Waals surface area (Å²) in [4.78, 5) is 0. The summed E-state index contributed by atoms with van der Waals surface area (Å²) in [6, 6.07) is 14.7. The van der Waals surface area contributed by atoms with E-state index in [2.05, 4.69) is 4.74 Å². The van der Waals surface area contributed by atoms with Crippen LogP contribution in [0.25, 0.3) is 0 Å². The number of hydrogen-bond acceptors (Lipinski definition) is 4. The van der Waals surface area contributed by atoms with Crippen molar-refractivity contribution in [1.29, 1.82) is 5.26 Å². The Morgan fingerprint density at radius 3 is 2.45 bits per heavy atom. The van der Waals surface area contributed by atoms with Gasteiger partial charge in [0.05, 0.1) is 6.07 Å². The molecule has 0 amide bonds. The molecular weight excluding hydrogens is 292 g/mol. The van der Waals surface area contributed by atoms with Crippen molar-refractivity contribution in [1.82, 2.24) is 0 Å². The molecule has 6 heteroatoms. The zero-order valence-corrected chi connectivity index (χ0v) is 11.4. The van der Waals surface area contributed by atoms with Crippen molar-refractivity contribution >= 4 is 0 Å². The summed E-state index contributed by atoms with van der Waals surface area (Å²) in [5.74, 6) is -0.115. The van der Waals surface area contributed by atoms with Crippen LogP contribution < -0.4 is 9.47 Å². The highest BCUT2D eigenvalue weighted by atomic mass is 19.3. The molecule has 0 bridgehead atoms. The number of ether oxygens (including phenoxy) is 2. The van der Waals surface area contributed by atoms with Crippen molar-refractivity contribution in [3.8, 4) is 17.6 Å². The maximum Gasteiger partial charge on any atom is 0.387 e. The molecule has 1 unspecified atom stereocenters. The Bertz CT molecular complexity index is 656. The largest absolute Gasteiger partial charge is 0.485 e. The molecule has 2 aromatic carbocycles. The van der Waals surface area contributed by atoms with Crippen LogP contribution in [-0.4, -0.2) is 11.7 Å². The minimum absolute atomic E-state index is 0.0379. The van der Waals surface area contributed by atoms with Crippen molar-refractivity contribution in [3.05, 3.63) is 59.7 Å². The van der Waals surface area contributed by atoms with Gasteiger partial charge in [0.15, 0.2) is 17.6 Å². The van der Waals surface area contributed by atoms with E-state index in [1.54, 1.807) is 6.07 Å². The van der Waals surface area contributed by atoms with Crippen LogP contribution in [0, 0.1) is 11.3 Å². The fraction of sp³-hybridized carbons (Fsp3) is 0.188. The van der Waals surface area contributed by atoms with Crippen LogP contribution in [0.2, 0.25) is 0 Å². The summed E-state index contributed by atoms with van der Waals surface area (Å²) >= 11 is 0. The Hall–Kier alpha value is -2.65. The van der Waals surface area contributed by atoms with E-state index in [4.69, 9.17) is 10.00 Å². The van der Waals surface area contributed by atoms with Gasteiger partial charge in [-0.25, -0.2) is 0 Å². The third-order valence-corrected chi connectivity index (χ3v) is 2.86. The van der Waals surface area contributed by atoms with Crippen LogP contribution in [0.1, 0.15) is 17.2 Å². The third kappa shape index (κ3) is 4.17. The summed E-state index contributed by atoms with van der Waals surface area (Å²) in [6.07, 6.45) is -1.36. The molecule has 0 radical (unpaired) electrons. The molecule has 114 valence electrons. The zero-order valence-electron chi connectivity index (χ0n) is 11.4. The molecule has 0 aliphatic rings. The van der Waals surface area contributed by atoms with Crippen LogP contribution in [0.15, 0.2) is 48.5 Å². The molecule has 1 N–H and O–H groups in total. The topological polar surface area (TPSA) is 62.5 Å². The summed E-state index contributed by atoms with van der Waals surface area (Å²) in [6.45, 7) is -2.85. The Kier molecular flexibility index (Phi) is 5.28. The highest BCUT2D eigenvalue weighted by Gasteiger charge is 2.15. The number of hydrogen-bond donors (Lipinski definition) is 1. The number of halogens is 2. The Balaban J connectivity index is 2.22. The van der Waals surface area contributed by atoms with Gasteiger partial charge in [0.2, 0.25) is 0 Å². The molecule has 0 fully saturated rings. The van der Waals surface area contributed by atoms with Crippen molar-refractivity contribution in [3.63, 3.8) is 0 Å². The second-order valence-corrected chi connectivity index (χ2v) is 4.39. The first-order valence-corrected chi connectivity index (χ1v) is 6.43. The monoisotopic (exact) mass is 305 g/mol. The van der Waals surface area contributed by atoms with Crippen LogP contribution in [0.3, 0.4) is 0 Å². The predicted octanol–water partition coefficient (Wildman–Crippen LogP) is 3.42. The van der Waals surface area contributed by atoms with E-state index in [-0.39, 0.29) is 23.7 Å². The van der Waals surface area contributed by atoms with Gasteiger partial charge in [0.25, 0.3) is 0 Å². The van der Waals surface area contributed by atoms with Crippen LogP contribution in [0.5, 0.6) is 11.5 Å². The van der Waals surface area contributed by atoms with Gasteiger partial charge in [-0.3, -0.25) is 0 Å². The lowest BCUT2D eigenvalue weighted by molar-refractivity contribution is -0.0516. The predicted molar refractivity (Wildman–Crippen MR) is 74.4 cm³/mol. The first-order valence-electron chi connectivity index (χ1n) is 6.43. The van der Waals surface area contributed by atoms with E-state index in [0.29, 0.717) is 0 Å². The second kappa shape index (κ2) is 7.38. The second-order valence-electron chi connectivity index (χ2n) is 4.39. The molecular formula is C16H13F2NO3. The summed E-state index contributed by atoms with van der Waals surface area (Å²) in [5, 5.41) is 18.2. The Labute approximate surface area is 126 Å². The summed E-state index contributed by atoms with van der Waals surface area (Å²) < 4.78 is 34.7. The minimum Gasteiger partial charge on any atom is -0.485 e. The molecule has 0 aliphatic heterocycles. The van der Waals surface area contributed by atoms with Crippen molar-refractivity contribution in [2.24, 2.45) is 0 Å². The third-order valence-electron chi connectivity index (χ3n) is 2.86. The highest BCUT2D eigenvalue weighted by Crippen LogP contribution is 2.32. The van der Waals surface area contributed by atoms with Gasteiger partial charge in [-0.1, -0.05) is 36.4 Å². The molecule has 1 atom stereocenters. The smallest absolute Gasteiger partial charge is 0.387 e. The first-order chi connectivity index (χ1) is 10.6. The minimum atomic E-state index is -2.99. The number of rotatable bonds is 6. The van der Waals surface area contributed by atoms with Gasteiger partial charge >= 0.3 is 6.61 Å². The SMILES string of the molecule is N#CC(O)c1ccc(OC(F)F)c(OCc2ccccc2)c1. The molecule has 4 nitrogen and oxygen atoms in total. The van der Waals surface area contributed by atoms with E-state index in [1.165, 1.54) is 18.2 Å². The lowest BCUT2D eigenvalue weighted by atomic mass is 10.1. The number of aliphatic hydroxyl groups excluding tert-OH is 1. The average molecular weight is 305 g/mol. The molecule has 2 rings (SSSR count). The van der Waals surface area contributed by atoms with Crippen LogP contribution in [-0.2, 0) is 6.61 Å². The van der Waals surface area contributed by atoms with Gasteiger partial charge in [0.1, 0.15) is 6.61 Å². The van der Waals surface area contributed by atoms with Gasteiger partial charge in [-0.05, 0) is 23.3 Å². The Morgan fingerprint density at radius 1 is 1.09 bits per heavy atom. The number of benzene rings is 2. The van der Waals surface area contributed by atoms with E-state index in [0.717, 1.165) is 5.56 Å². The van der Waals surface area contributed by atoms with E-state index in [9.17, 15) is 13.9 Å². The van der Waals surface area contributed by atoms with Crippen LogP contribution in [0.4, 0.5) is 8.78 Å². The van der Waals surface area contributed by atoms with Gasteiger partial charge in [-0.15, -0.1) is 0 Å². The van der Waals surface area contributed by atoms with Crippen molar-refractivity contribution in [2.75, 3.05) is 0 Å². The number of aliphatic hydroxyl groups is 1. The summed E-state index contributed by atoms with van der Waals surface area (Å²) in [5.41, 5.74) is 1.09. The van der Waals surface area contributed by atoms with Gasteiger partial charge < -0.3 is 14.6 Å². The number of alkyl halides is 2.